The van der Waals surface area contributed by atoms with Gasteiger partial charge in [-0.1, -0.05) is 6.07 Å². The summed E-state index contributed by atoms with van der Waals surface area (Å²) in [5, 5.41) is 6.55. The predicted octanol–water partition coefficient (Wildman–Crippen LogP) is 1.68. The lowest BCUT2D eigenvalue weighted by molar-refractivity contribution is -0.136. The molecule has 1 aromatic heterocycles. The molecule has 22 heavy (non-hydrogen) atoms. The molecule has 6 nitrogen and oxygen atoms in total. The van der Waals surface area contributed by atoms with Crippen LogP contribution in [0, 0.1) is 5.82 Å². The first-order valence-corrected chi connectivity index (χ1v) is 6.77. The zero-order chi connectivity index (χ0) is 16.1. The Labute approximate surface area is 127 Å². The molecule has 7 heteroatoms. The van der Waals surface area contributed by atoms with Gasteiger partial charge in [0.05, 0.1) is 6.54 Å². The third-order valence-electron chi connectivity index (χ3n) is 3.14. The Morgan fingerprint density at radius 1 is 1.41 bits per heavy atom. The van der Waals surface area contributed by atoms with Gasteiger partial charge in [-0.05, 0) is 31.2 Å². The topological polar surface area (TPSA) is 67.2 Å². The fraction of sp³-hybridized carbons (Fsp3) is 0.267. The molecule has 1 unspecified atom stereocenters. The van der Waals surface area contributed by atoms with E-state index in [9.17, 15) is 14.0 Å². The van der Waals surface area contributed by atoms with Gasteiger partial charge in [0.15, 0.2) is 0 Å². The largest absolute Gasteiger partial charge is 0.335 e. The molecule has 1 atom stereocenters. The van der Waals surface area contributed by atoms with Crippen LogP contribution in [0.3, 0.4) is 0 Å². The van der Waals surface area contributed by atoms with Crippen molar-refractivity contribution in [3.05, 3.63) is 48.5 Å². The van der Waals surface area contributed by atoms with Gasteiger partial charge in [0, 0.05) is 25.1 Å². The number of nitrogens with zero attached hydrogens (tertiary/aromatic N) is 3. The maximum atomic E-state index is 13.0. The van der Waals surface area contributed by atoms with Gasteiger partial charge in [0.1, 0.15) is 11.9 Å². The Bertz CT molecular complexity index is 657. The zero-order valence-electron chi connectivity index (χ0n) is 12.4. The summed E-state index contributed by atoms with van der Waals surface area (Å²) in [6, 6.07) is 6.81. The number of benzene rings is 1. The van der Waals surface area contributed by atoms with Gasteiger partial charge >= 0.3 is 0 Å². The molecule has 2 aromatic rings. The molecule has 0 radical (unpaired) electrons. The highest BCUT2D eigenvalue weighted by molar-refractivity contribution is 5.94. The number of hydrogen-bond donors (Lipinski definition) is 1. The first-order chi connectivity index (χ1) is 10.5. The average molecular weight is 304 g/mol. The van der Waals surface area contributed by atoms with Gasteiger partial charge in [-0.2, -0.15) is 5.10 Å². The highest BCUT2D eigenvalue weighted by Gasteiger charge is 2.21. The van der Waals surface area contributed by atoms with E-state index in [0.29, 0.717) is 5.69 Å². The van der Waals surface area contributed by atoms with E-state index in [-0.39, 0.29) is 12.5 Å². The molecule has 1 aromatic carbocycles. The van der Waals surface area contributed by atoms with Crippen molar-refractivity contribution in [2.75, 3.05) is 18.9 Å². The SMILES string of the molecule is CC(C(=O)N(C)CC(=O)Nc1cccc(F)c1)n1cccn1. The van der Waals surface area contributed by atoms with Gasteiger partial charge < -0.3 is 10.2 Å². The summed E-state index contributed by atoms with van der Waals surface area (Å²) >= 11 is 0. The van der Waals surface area contributed by atoms with Crippen LogP contribution < -0.4 is 5.32 Å². The van der Waals surface area contributed by atoms with Crippen LogP contribution >= 0.6 is 0 Å². The molecule has 0 saturated heterocycles. The van der Waals surface area contributed by atoms with Crippen LogP contribution in [0.15, 0.2) is 42.7 Å². The first-order valence-electron chi connectivity index (χ1n) is 6.77. The number of anilines is 1. The summed E-state index contributed by atoms with van der Waals surface area (Å²) < 4.78 is 14.6. The van der Waals surface area contributed by atoms with Crippen molar-refractivity contribution < 1.29 is 14.0 Å². The quantitative estimate of drug-likeness (QED) is 0.914. The van der Waals surface area contributed by atoms with E-state index in [1.54, 1.807) is 31.5 Å². The minimum atomic E-state index is -0.498. The summed E-state index contributed by atoms with van der Waals surface area (Å²) in [4.78, 5) is 25.4. The Balaban J connectivity index is 1.92. The zero-order valence-corrected chi connectivity index (χ0v) is 12.4. The third kappa shape index (κ3) is 3.91. The van der Waals surface area contributed by atoms with Gasteiger partial charge in [0.25, 0.3) is 0 Å². The van der Waals surface area contributed by atoms with Gasteiger partial charge in [-0.25, -0.2) is 4.39 Å². The fourth-order valence-electron chi connectivity index (χ4n) is 2.00. The summed E-state index contributed by atoms with van der Waals surface area (Å²) in [6.07, 6.45) is 3.27. The Hall–Kier alpha value is -2.70. The van der Waals surface area contributed by atoms with Crippen LogP contribution in [0.2, 0.25) is 0 Å². The normalized spacial score (nSPS) is 11.8. The maximum Gasteiger partial charge on any atom is 0.247 e. The van der Waals surface area contributed by atoms with Gasteiger partial charge in [-0.15, -0.1) is 0 Å². The van der Waals surface area contributed by atoms with E-state index in [1.165, 1.54) is 34.8 Å². The molecule has 0 aliphatic heterocycles. The molecule has 0 spiro atoms. The summed E-state index contributed by atoms with van der Waals surface area (Å²) in [6.45, 7) is 1.58. The van der Waals surface area contributed by atoms with Crippen LogP contribution in [0.5, 0.6) is 0 Å². The molecule has 0 bridgehead atoms. The highest BCUT2D eigenvalue weighted by Crippen LogP contribution is 2.10. The summed E-state index contributed by atoms with van der Waals surface area (Å²) in [5.41, 5.74) is 0.353. The van der Waals surface area contributed by atoms with Crippen LogP contribution in [-0.2, 0) is 9.59 Å². The van der Waals surface area contributed by atoms with Crippen molar-refractivity contribution in [1.29, 1.82) is 0 Å². The van der Waals surface area contributed by atoms with Crippen molar-refractivity contribution in [1.82, 2.24) is 14.7 Å². The second-order valence-corrected chi connectivity index (χ2v) is 4.91. The molecule has 0 aliphatic carbocycles. The van der Waals surface area contributed by atoms with E-state index >= 15 is 0 Å². The highest BCUT2D eigenvalue weighted by atomic mass is 19.1. The van der Waals surface area contributed by atoms with Crippen molar-refractivity contribution in [2.45, 2.75) is 13.0 Å². The van der Waals surface area contributed by atoms with E-state index in [2.05, 4.69) is 10.4 Å². The lowest BCUT2D eigenvalue weighted by Crippen LogP contribution is -2.38. The molecular formula is C15H17FN4O2. The van der Waals surface area contributed by atoms with Gasteiger partial charge in [0.2, 0.25) is 11.8 Å². The van der Waals surface area contributed by atoms with Crippen molar-refractivity contribution in [3.63, 3.8) is 0 Å². The molecule has 1 N–H and O–H groups in total. The summed E-state index contributed by atoms with van der Waals surface area (Å²) in [5.74, 6) is -1.07. The number of hydrogen-bond acceptors (Lipinski definition) is 3. The van der Waals surface area contributed by atoms with E-state index in [0.717, 1.165) is 0 Å². The number of likely N-dealkylation sites (N-methyl/N-ethyl adjacent to an activating group) is 1. The smallest absolute Gasteiger partial charge is 0.247 e. The Morgan fingerprint density at radius 2 is 2.18 bits per heavy atom. The molecular weight excluding hydrogens is 287 g/mol. The van der Waals surface area contributed by atoms with E-state index in [4.69, 9.17) is 0 Å². The third-order valence-corrected chi connectivity index (χ3v) is 3.14. The summed E-state index contributed by atoms with van der Waals surface area (Å²) in [7, 11) is 1.54. The molecule has 1 heterocycles. The standard InChI is InChI=1S/C15H17FN4O2/c1-11(20-8-4-7-17-20)15(22)19(2)10-14(21)18-13-6-3-5-12(16)9-13/h3-9,11H,10H2,1-2H3,(H,18,21). The lowest BCUT2D eigenvalue weighted by Gasteiger charge is -2.21. The number of carbonyl (C=O) groups excluding carboxylic acids is 2. The minimum Gasteiger partial charge on any atom is -0.335 e. The molecule has 0 fully saturated rings. The lowest BCUT2D eigenvalue weighted by atomic mass is 10.3. The van der Waals surface area contributed by atoms with E-state index < -0.39 is 17.8 Å². The van der Waals surface area contributed by atoms with Crippen molar-refractivity contribution in [3.8, 4) is 0 Å². The number of amides is 2. The first kappa shape index (κ1) is 15.7. The predicted molar refractivity (Wildman–Crippen MR) is 79.6 cm³/mol. The molecule has 0 aliphatic rings. The molecule has 116 valence electrons. The minimum absolute atomic E-state index is 0.124. The Kier molecular flexibility index (Phi) is 4.88. The maximum absolute atomic E-state index is 13.0. The number of nitrogens with one attached hydrogen (secondary N) is 1. The van der Waals surface area contributed by atoms with Gasteiger partial charge in [-0.3, -0.25) is 14.3 Å². The second kappa shape index (κ2) is 6.84. The second-order valence-electron chi connectivity index (χ2n) is 4.91. The van der Waals surface area contributed by atoms with Crippen LogP contribution in [-0.4, -0.2) is 40.1 Å². The fourth-order valence-corrected chi connectivity index (χ4v) is 2.00. The Morgan fingerprint density at radius 3 is 2.82 bits per heavy atom. The number of carbonyl (C=O) groups is 2. The average Bonchev–Trinajstić information content (AvgIpc) is 2.99. The number of rotatable bonds is 5. The van der Waals surface area contributed by atoms with Crippen molar-refractivity contribution >= 4 is 17.5 Å². The number of aromatic nitrogens is 2. The van der Waals surface area contributed by atoms with E-state index in [1.807, 2.05) is 0 Å². The number of halogens is 1. The molecule has 0 saturated carbocycles. The van der Waals surface area contributed by atoms with Crippen LogP contribution in [0.4, 0.5) is 10.1 Å². The molecule has 2 rings (SSSR count). The van der Waals surface area contributed by atoms with Crippen LogP contribution in [0.25, 0.3) is 0 Å². The van der Waals surface area contributed by atoms with Crippen LogP contribution in [0.1, 0.15) is 13.0 Å². The monoisotopic (exact) mass is 304 g/mol. The molecule has 2 amide bonds. The van der Waals surface area contributed by atoms with Crippen molar-refractivity contribution in [2.24, 2.45) is 0 Å².